The van der Waals surface area contributed by atoms with Gasteiger partial charge in [0.1, 0.15) is 11.3 Å². The summed E-state index contributed by atoms with van der Waals surface area (Å²) >= 11 is 1.45. The molecule has 19 heavy (non-hydrogen) atoms. The highest BCUT2D eigenvalue weighted by Gasteiger charge is 2.10. The Bertz CT molecular complexity index is 682. The van der Waals surface area contributed by atoms with Crippen LogP contribution in [-0.2, 0) is 6.54 Å². The molecule has 0 spiro atoms. The summed E-state index contributed by atoms with van der Waals surface area (Å²) in [5.74, 6) is 0. The van der Waals surface area contributed by atoms with Crippen LogP contribution in [0.3, 0.4) is 0 Å². The molecule has 0 saturated heterocycles. The van der Waals surface area contributed by atoms with Gasteiger partial charge < -0.3 is 9.73 Å². The number of oxazole rings is 1. The van der Waals surface area contributed by atoms with Crippen molar-refractivity contribution in [2.24, 2.45) is 0 Å². The number of hydrogen-bond donors (Lipinski definition) is 1. The number of nitrogens with zero attached hydrogens (tertiary/aromatic N) is 2. The lowest BCUT2D eigenvalue weighted by Crippen LogP contribution is -2.07. The largest absolute Gasteiger partial charge is 0.440 e. The number of fused-ring (bicyclic) bond motifs is 1. The first-order chi connectivity index (χ1) is 9.36. The number of nitrogens with one attached hydrogen (secondary N) is 1. The van der Waals surface area contributed by atoms with Gasteiger partial charge in [0.25, 0.3) is 5.22 Å². The summed E-state index contributed by atoms with van der Waals surface area (Å²) in [5, 5.41) is 5.85. The van der Waals surface area contributed by atoms with Crippen molar-refractivity contribution < 1.29 is 4.42 Å². The van der Waals surface area contributed by atoms with Crippen molar-refractivity contribution in [2.45, 2.75) is 16.8 Å². The van der Waals surface area contributed by atoms with Crippen molar-refractivity contribution in [3.63, 3.8) is 0 Å². The fourth-order valence-electron chi connectivity index (χ4n) is 1.89. The highest BCUT2D eigenvalue weighted by molar-refractivity contribution is 7.99. The molecule has 0 amide bonds. The molecule has 1 aromatic carbocycles. The lowest BCUT2D eigenvalue weighted by Gasteiger charge is -2.08. The molecule has 0 saturated carbocycles. The van der Waals surface area contributed by atoms with Crippen molar-refractivity contribution in [1.29, 1.82) is 0 Å². The van der Waals surface area contributed by atoms with E-state index in [9.17, 15) is 0 Å². The zero-order chi connectivity index (χ0) is 13.1. The number of rotatable bonds is 4. The highest BCUT2D eigenvalue weighted by atomic mass is 32.2. The maximum absolute atomic E-state index is 5.27. The number of benzene rings is 1. The third kappa shape index (κ3) is 2.62. The molecule has 0 radical (unpaired) electrons. The van der Waals surface area contributed by atoms with Crippen molar-refractivity contribution >= 4 is 22.7 Å². The normalized spacial score (nSPS) is 11.0. The van der Waals surface area contributed by atoms with E-state index in [1.807, 2.05) is 25.2 Å². The van der Waals surface area contributed by atoms with E-state index in [-0.39, 0.29) is 0 Å². The lowest BCUT2D eigenvalue weighted by atomic mass is 10.1. The van der Waals surface area contributed by atoms with Gasteiger partial charge in [-0.15, -0.1) is 0 Å². The Morgan fingerprint density at radius 2 is 2.21 bits per heavy atom. The van der Waals surface area contributed by atoms with E-state index in [2.05, 4.69) is 22.4 Å². The van der Waals surface area contributed by atoms with Gasteiger partial charge in [-0.2, -0.15) is 0 Å². The van der Waals surface area contributed by atoms with E-state index in [1.54, 1.807) is 12.5 Å². The minimum atomic E-state index is 0.611. The molecule has 96 valence electrons. The van der Waals surface area contributed by atoms with Crippen LogP contribution >= 0.6 is 11.8 Å². The van der Waals surface area contributed by atoms with Crippen LogP contribution in [0, 0.1) is 0 Å². The Hall–Kier alpha value is -1.85. The van der Waals surface area contributed by atoms with Gasteiger partial charge in [-0.05, 0) is 36.5 Å². The van der Waals surface area contributed by atoms with Crippen LogP contribution in [0.5, 0.6) is 0 Å². The summed E-state index contributed by atoms with van der Waals surface area (Å²) < 4.78 is 5.27. The van der Waals surface area contributed by atoms with Crippen molar-refractivity contribution in [3.8, 4) is 0 Å². The van der Waals surface area contributed by atoms with Crippen molar-refractivity contribution in [3.05, 3.63) is 48.4 Å². The Labute approximate surface area is 115 Å². The molecule has 1 N–H and O–H groups in total. The molecule has 0 unspecified atom stereocenters. The van der Waals surface area contributed by atoms with Crippen LogP contribution in [-0.4, -0.2) is 17.0 Å². The SMILES string of the molecule is CNCc1cc2ccccc2nc1Sc1ncco1. The van der Waals surface area contributed by atoms with E-state index in [4.69, 9.17) is 9.40 Å². The molecule has 4 nitrogen and oxygen atoms in total. The Balaban J connectivity index is 2.06. The Kier molecular flexibility index (Phi) is 3.48. The van der Waals surface area contributed by atoms with Crippen LogP contribution in [0.15, 0.2) is 57.5 Å². The number of pyridine rings is 1. The lowest BCUT2D eigenvalue weighted by molar-refractivity contribution is 0.454. The fraction of sp³-hybridized carbons (Fsp3) is 0.143. The molecule has 3 aromatic rings. The molecular weight excluding hydrogens is 258 g/mol. The second-order valence-electron chi connectivity index (χ2n) is 4.08. The number of hydrogen-bond acceptors (Lipinski definition) is 5. The Morgan fingerprint density at radius 3 is 3.00 bits per heavy atom. The van der Waals surface area contributed by atoms with Gasteiger partial charge >= 0.3 is 0 Å². The Morgan fingerprint density at radius 1 is 1.32 bits per heavy atom. The zero-order valence-electron chi connectivity index (χ0n) is 10.5. The van der Waals surface area contributed by atoms with E-state index < -0.39 is 0 Å². The number of aromatic nitrogens is 2. The topological polar surface area (TPSA) is 51.0 Å². The second-order valence-corrected chi connectivity index (χ2v) is 5.02. The first-order valence-corrected chi connectivity index (χ1v) is 6.79. The molecule has 0 aliphatic rings. The minimum Gasteiger partial charge on any atom is -0.440 e. The van der Waals surface area contributed by atoms with Crippen molar-refractivity contribution in [2.75, 3.05) is 7.05 Å². The standard InChI is InChI=1S/C14H13N3OS/c1-15-9-11-8-10-4-2-3-5-12(10)17-13(11)19-14-16-6-7-18-14/h2-8,15H,9H2,1H3. The smallest absolute Gasteiger partial charge is 0.261 e. The average Bonchev–Trinajstić information content (AvgIpc) is 2.93. The quantitative estimate of drug-likeness (QED) is 0.790. The van der Waals surface area contributed by atoms with Gasteiger partial charge in [-0.1, -0.05) is 18.2 Å². The summed E-state index contributed by atoms with van der Waals surface area (Å²) in [6.45, 7) is 0.765. The minimum absolute atomic E-state index is 0.611. The van der Waals surface area contributed by atoms with Gasteiger partial charge in [0.2, 0.25) is 0 Å². The van der Waals surface area contributed by atoms with Gasteiger partial charge in [-0.3, -0.25) is 0 Å². The predicted molar refractivity (Wildman–Crippen MR) is 75.1 cm³/mol. The summed E-state index contributed by atoms with van der Waals surface area (Å²) in [6, 6.07) is 10.3. The van der Waals surface area contributed by atoms with Crippen LogP contribution in [0.4, 0.5) is 0 Å². The van der Waals surface area contributed by atoms with Crippen molar-refractivity contribution in [1.82, 2.24) is 15.3 Å². The van der Waals surface area contributed by atoms with E-state index in [0.717, 1.165) is 28.0 Å². The third-order valence-corrected chi connectivity index (χ3v) is 3.65. The molecule has 2 heterocycles. The maximum atomic E-state index is 5.27. The van der Waals surface area contributed by atoms with Gasteiger partial charge in [0, 0.05) is 11.9 Å². The van der Waals surface area contributed by atoms with Crippen LogP contribution < -0.4 is 5.32 Å². The molecule has 0 atom stereocenters. The van der Waals surface area contributed by atoms with Gasteiger partial charge in [0.15, 0.2) is 0 Å². The summed E-state index contributed by atoms with van der Waals surface area (Å²) in [4.78, 5) is 8.82. The van der Waals surface area contributed by atoms with Gasteiger partial charge in [-0.25, -0.2) is 9.97 Å². The molecule has 0 aliphatic heterocycles. The maximum Gasteiger partial charge on any atom is 0.261 e. The second kappa shape index (κ2) is 5.42. The fourth-order valence-corrected chi connectivity index (χ4v) is 2.68. The van der Waals surface area contributed by atoms with Crippen LogP contribution in [0.1, 0.15) is 5.56 Å². The number of para-hydroxylation sites is 1. The predicted octanol–water partition coefficient (Wildman–Crippen LogP) is 3.09. The zero-order valence-corrected chi connectivity index (χ0v) is 11.3. The molecule has 3 rings (SSSR count). The van der Waals surface area contributed by atoms with E-state index >= 15 is 0 Å². The van der Waals surface area contributed by atoms with Crippen LogP contribution in [0.2, 0.25) is 0 Å². The summed E-state index contributed by atoms with van der Waals surface area (Å²) in [6.07, 6.45) is 3.21. The summed E-state index contributed by atoms with van der Waals surface area (Å²) in [7, 11) is 1.93. The van der Waals surface area contributed by atoms with Crippen LogP contribution in [0.25, 0.3) is 10.9 Å². The molecule has 0 fully saturated rings. The average molecular weight is 271 g/mol. The molecular formula is C14H13N3OS. The van der Waals surface area contributed by atoms with E-state index in [0.29, 0.717) is 5.22 Å². The first-order valence-electron chi connectivity index (χ1n) is 5.97. The highest BCUT2D eigenvalue weighted by Crippen LogP contribution is 2.29. The molecule has 0 aliphatic carbocycles. The molecule has 0 bridgehead atoms. The monoisotopic (exact) mass is 271 g/mol. The molecule has 2 aromatic heterocycles. The first kappa shape index (κ1) is 12.2. The molecule has 5 heteroatoms. The van der Waals surface area contributed by atoms with E-state index in [1.165, 1.54) is 11.8 Å². The third-order valence-electron chi connectivity index (χ3n) is 2.72. The van der Waals surface area contributed by atoms with Gasteiger partial charge in [0.05, 0.1) is 11.7 Å². The summed E-state index contributed by atoms with van der Waals surface area (Å²) in [5.41, 5.74) is 2.13.